The molecule has 0 aromatic carbocycles. The first-order valence-corrected chi connectivity index (χ1v) is 7.43. The fraction of sp³-hybridized carbons (Fsp3) is 1.00. The Morgan fingerprint density at radius 2 is 1.88 bits per heavy atom. The van der Waals surface area contributed by atoms with Gasteiger partial charge in [0.2, 0.25) is 0 Å². The van der Waals surface area contributed by atoms with Crippen molar-refractivity contribution < 1.29 is 4.74 Å². The quantitative estimate of drug-likeness (QED) is 0.693. The zero-order valence-corrected chi connectivity index (χ0v) is 11.2. The van der Waals surface area contributed by atoms with Crippen molar-refractivity contribution in [3.05, 3.63) is 0 Å². The molecular formula is C14H28N2O. The summed E-state index contributed by atoms with van der Waals surface area (Å²) >= 11 is 0. The van der Waals surface area contributed by atoms with Crippen LogP contribution in [0.15, 0.2) is 0 Å². The van der Waals surface area contributed by atoms with E-state index in [1.165, 1.54) is 44.9 Å². The molecule has 0 aliphatic carbocycles. The lowest BCUT2D eigenvalue weighted by Gasteiger charge is -2.37. The van der Waals surface area contributed by atoms with Gasteiger partial charge in [-0.25, -0.2) is 0 Å². The van der Waals surface area contributed by atoms with Gasteiger partial charge >= 0.3 is 0 Å². The van der Waals surface area contributed by atoms with Crippen LogP contribution in [0, 0.1) is 0 Å². The van der Waals surface area contributed by atoms with Crippen LogP contribution >= 0.6 is 0 Å². The summed E-state index contributed by atoms with van der Waals surface area (Å²) in [6.07, 6.45) is 10.2. The molecular weight excluding hydrogens is 212 g/mol. The van der Waals surface area contributed by atoms with Crippen LogP contribution in [0.3, 0.4) is 0 Å². The maximum Gasteiger partial charge on any atom is 0.0707 e. The van der Waals surface area contributed by atoms with Gasteiger partial charge in [0.25, 0.3) is 0 Å². The monoisotopic (exact) mass is 240 g/mol. The van der Waals surface area contributed by atoms with Gasteiger partial charge in [0.15, 0.2) is 0 Å². The topological polar surface area (TPSA) is 38.5 Å². The summed E-state index contributed by atoms with van der Waals surface area (Å²) in [5, 5.41) is 0. The molecule has 2 saturated heterocycles. The molecule has 100 valence electrons. The van der Waals surface area contributed by atoms with Crippen molar-refractivity contribution in [1.29, 1.82) is 0 Å². The second-order valence-corrected chi connectivity index (χ2v) is 5.65. The molecule has 2 heterocycles. The highest BCUT2D eigenvalue weighted by Gasteiger charge is 2.35. The largest absolute Gasteiger partial charge is 0.372 e. The molecule has 2 bridgehead atoms. The number of ether oxygens (including phenoxy) is 1. The summed E-state index contributed by atoms with van der Waals surface area (Å²) < 4.78 is 5.88. The molecule has 2 fully saturated rings. The molecule has 0 amide bonds. The number of unbranched alkanes of at least 4 members (excludes halogenated alkanes) is 3. The predicted octanol–water partition coefficient (Wildman–Crippen LogP) is 2.15. The molecule has 0 spiro atoms. The summed E-state index contributed by atoms with van der Waals surface area (Å²) in [7, 11) is 0. The van der Waals surface area contributed by atoms with Gasteiger partial charge in [-0.3, -0.25) is 4.90 Å². The molecule has 3 atom stereocenters. The van der Waals surface area contributed by atoms with E-state index < -0.39 is 0 Å². The molecule has 2 N–H and O–H groups in total. The molecule has 2 rings (SSSR count). The summed E-state index contributed by atoms with van der Waals surface area (Å²) in [5.41, 5.74) is 5.95. The number of nitrogens with zero attached hydrogens (tertiary/aromatic N) is 1. The molecule has 2 aliphatic heterocycles. The Bertz CT molecular complexity index is 210. The average molecular weight is 240 g/mol. The van der Waals surface area contributed by atoms with E-state index in [4.69, 9.17) is 10.5 Å². The van der Waals surface area contributed by atoms with Crippen LogP contribution in [0.1, 0.15) is 51.9 Å². The van der Waals surface area contributed by atoms with E-state index in [1.807, 2.05) is 0 Å². The first-order valence-electron chi connectivity index (χ1n) is 7.43. The molecule has 17 heavy (non-hydrogen) atoms. The molecule has 0 aromatic heterocycles. The van der Waals surface area contributed by atoms with Crippen LogP contribution in [0.5, 0.6) is 0 Å². The number of morpholine rings is 1. The number of hydrogen-bond acceptors (Lipinski definition) is 3. The minimum atomic E-state index is 0.499. The average Bonchev–Trinajstić information content (AvgIpc) is 2.68. The number of fused-ring (bicyclic) bond motifs is 2. The van der Waals surface area contributed by atoms with E-state index in [0.29, 0.717) is 18.2 Å². The third-order valence-corrected chi connectivity index (χ3v) is 4.25. The summed E-state index contributed by atoms with van der Waals surface area (Å²) in [6, 6.07) is 0.596. The SMILES string of the molecule is CCCCCCC(CN)N1CC2CCC(C1)O2. The summed E-state index contributed by atoms with van der Waals surface area (Å²) in [6.45, 7) is 5.31. The van der Waals surface area contributed by atoms with Gasteiger partial charge in [0, 0.05) is 25.7 Å². The first-order chi connectivity index (χ1) is 8.33. The Hall–Kier alpha value is -0.120. The molecule has 0 saturated carbocycles. The smallest absolute Gasteiger partial charge is 0.0707 e. The van der Waals surface area contributed by atoms with Gasteiger partial charge in [-0.1, -0.05) is 32.6 Å². The summed E-state index contributed by atoms with van der Waals surface area (Å²) in [5.74, 6) is 0. The predicted molar refractivity (Wildman–Crippen MR) is 71.1 cm³/mol. The third-order valence-electron chi connectivity index (χ3n) is 4.25. The third kappa shape index (κ3) is 3.67. The van der Waals surface area contributed by atoms with Gasteiger partial charge in [-0.05, 0) is 19.3 Å². The second-order valence-electron chi connectivity index (χ2n) is 5.65. The van der Waals surface area contributed by atoms with Crippen LogP contribution < -0.4 is 5.73 Å². The van der Waals surface area contributed by atoms with Gasteiger partial charge in [-0.15, -0.1) is 0 Å². The highest BCUT2D eigenvalue weighted by Crippen LogP contribution is 2.28. The molecule has 3 nitrogen and oxygen atoms in total. The molecule has 0 radical (unpaired) electrons. The maximum absolute atomic E-state index is 5.95. The van der Waals surface area contributed by atoms with E-state index in [1.54, 1.807) is 0 Å². The number of nitrogens with two attached hydrogens (primary N) is 1. The van der Waals surface area contributed by atoms with Crippen molar-refractivity contribution in [2.75, 3.05) is 19.6 Å². The van der Waals surface area contributed by atoms with E-state index in [2.05, 4.69) is 11.8 Å². The van der Waals surface area contributed by atoms with E-state index >= 15 is 0 Å². The second kappa shape index (κ2) is 6.72. The maximum atomic E-state index is 5.95. The Balaban J connectivity index is 1.73. The zero-order valence-electron chi connectivity index (χ0n) is 11.2. The number of rotatable bonds is 7. The van der Waals surface area contributed by atoms with Crippen LogP contribution in [0.4, 0.5) is 0 Å². The Morgan fingerprint density at radius 3 is 2.47 bits per heavy atom. The lowest BCUT2D eigenvalue weighted by Crippen LogP contribution is -2.50. The van der Waals surface area contributed by atoms with Crippen LogP contribution in [-0.2, 0) is 4.74 Å². The number of likely N-dealkylation sites (tertiary alicyclic amines) is 1. The Morgan fingerprint density at radius 1 is 1.18 bits per heavy atom. The number of hydrogen-bond donors (Lipinski definition) is 1. The molecule has 2 aliphatic rings. The van der Waals surface area contributed by atoms with Gasteiger partial charge in [0.1, 0.15) is 0 Å². The van der Waals surface area contributed by atoms with Crippen molar-refractivity contribution in [3.8, 4) is 0 Å². The van der Waals surface area contributed by atoms with Crippen LogP contribution in [-0.4, -0.2) is 42.8 Å². The minimum Gasteiger partial charge on any atom is -0.372 e. The lowest BCUT2D eigenvalue weighted by molar-refractivity contribution is -0.0527. The normalized spacial score (nSPS) is 30.7. The molecule has 0 aromatic rings. The zero-order chi connectivity index (χ0) is 12.1. The van der Waals surface area contributed by atoms with Crippen LogP contribution in [0.25, 0.3) is 0 Å². The highest BCUT2D eigenvalue weighted by molar-refractivity contribution is 4.88. The summed E-state index contributed by atoms with van der Waals surface area (Å²) in [4.78, 5) is 2.60. The molecule has 3 unspecified atom stereocenters. The molecule has 3 heteroatoms. The van der Waals surface area contributed by atoms with E-state index in [0.717, 1.165) is 19.6 Å². The van der Waals surface area contributed by atoms with Gasteiger partial charge in [0.05, 0.1) is 12.2 Å². The van der Waals surface area contributed by atoms with Crippen molar-refractivity contribution in [1.82, 2.24) is 4.90 Å². The lowest BCUT2D eigenvalue weighted by atomic mass is 10.0. The van der Waals surface area contributed by atoms with Gasteiger partial charge in [-0.2, -0.15) is 0 Å². The van der Waals surface area contributed by atoms with E-state index in [9.17, 15) is 0 Å². The fourth-order valence-electron chi connectivity index (χ4n) is 3.20. The first kappa shape index (κ1) is 13.3. The van der Waals surface area contributed by atoms with Crippen LogP contribution in [0.2, 0.25) is 0 Å². The standard InChI is InChI=1S/C14H28N2O/c1-2-3-4-5-6-12(9-15)16-10-13-7-8-14(11-16)17-13/h12-14H,2-11,15H2,1H3. The van der Waals surface area contributed by atoms with E-state index in [-0.39, 0.29) is 0 Å². The van der Waals surface area contributed by atoms with Crippen molar-refractivity contribution >= 4 is 0 Å². The van der Waals surface area contributed by atoms with Crippen molar-refractivity contribution in [3.63, 3.8) is 0 Å². The van der Waals surface area contributed by atoms with Crippen molar-refractivity contribution in [2.24, 2.45) is 5.73 Å². The minimum absolute atomic E-state index is 0.499. The Kier molecular flexibility index (Phi) is 5.26. The van der Waals surface area contributed by atoms with Crippen molar-refractivity contribution in [2.45, 2.75) is 70.1 Å². The Labute approximate surface area is 106 Å². The fourth-order valence-corrected chi connectivity index (χ4v) is 3.20. The van der Waals surface area contributed by atoms with Gasteiger partial charge < -0.3 is 10.5 Å². The highest BCUT2D eigenvalue weighted by atomic mass is 16.5.